The summed E-state index contributed by atoms with van der Waals surface area (Å²) in [6, 6.07) is 17.8. The van der Waals surface area contributed by atoms with Gasteiger partial charge < -0.3 is 24.8 Å². The number of benzene rings is 2. The van der Waals surface area contributed by atoms with Gasteiger partial charge in [-0.2, -0.15) is 0 Å². The second kappa shape index (κ2) is 18.6. The van der Waals surface area contributed by atoms with Crippen molar-refractivity contribution < 1.29 is 19.1 Å². The highest BCUT2D eigenvalue weighted by atomic mass is 16.6. The number of piperidine rings is 2. The third-order valence-electron chi connectivity index (χ3n) is 9.12. The number of likely N-dealkylation sites (tertiary alicyclic amines) is 2. The summed E-state index contributed by atoms with van der Waals surface area (Å²) in [6.45, 7) is 9.56. The lowest BCUT2D eigenvalue weighted by Crippen LogP contribution is -2.43. The van der Waals surface area contributed by atoms with Crippen molar-refractivity contribution in [1.82, 2.24) is 20.0 Å². The Morgan fingerprint density at radius 2 is 1.64 bits per heavy atom. The maximum atomic E-state index is 12.7. The van der Waals surface area contributed by atoms with Crippen molar-refractivity contribution in [3.8, 4) is 11.1 Å². The molecule has 0 aliphatic carbocycles. The van der Waals surface area contributed by atoms with Crippen LogP contribution in [-0.4, -0.2) is 105 Å². The lowest BCUT2D eigenvalue weighted by molar-refractivity contribution is -0.135. The topological polar surface area (TPSA) is 94.2 Å². The molecule has 4 rings (SSSR count). The van der Waals surface area contributed by atoms with Crippen LogP contribution in [0.15, 0.2) is 54.6 Å². The molecule has 2 aliphatic heterocycles. The second-order valence-corrected chi connectivity index (χ2v) is 12.5. The van der Waals surface area contributed by atoms with Gasteiger partial charge in [-0.1, -0.05) is 55.0 Å². The van der Waals surface area contributed by atoms with Crippen molar-refractivity contribution in [3.05, 3.63) is 54.6 Å². The van der Waals surface area contributed by atoms with E-state index < -0.39 is 6.09 Å². The van der Waals surface area contributed by atoms with Crippen LogP contribution < -0.4 is 10.6 Å². The third-order valence-corrected chi connectivity index (χ3v) is 9.12. The van der Waals surface area contributed by atoms with Gasteiger partial charge in [0.05, 0.1) is 18.2 Å². The molecule has 45 heavy (non-hydrogen) atoms. The number of nitrogens with zero attached hydrogens (tertiary/aromatic N) is 3. The molecule has 2 heterocycles. The van der Waals surface area contributed by atoms with Crippen molar-refractivity contribution in [2.45, 2.75) is 64.4 Å². The number of Topliss-reactive ketones (excluding diaryl/α,β-unsaturated/α-hetero) is 1. The van der Waals surface area contributed by atoms with Gasteiger partial charge in [0, 0.05) is 58.3 Å². The molecule has 0 bridgehead atoms. The zero-order valence-electron chi connectivity index (χ0n) is 27.3. The number of ketones is 1. The molecule has 2 aromatic rings. The molecular formula is C36H53N5O4. The minimum Gasteiger partial charge on any atom is -0.446 e. The monoisotopic (exact) mass is 619 g/mol. The molecule has 0 unspecified atom stereocenters. The minimum atomic E-state index is -0.413. The van der Waals surface area contributed by atoms with Crippen LogP contribution in [0.25, 0.3) is 11.1 Å². The molecule has 2 fully saturated rings. The first-order chi connectivity index (χ1) is 21.9. The van der Waals surface area contributed by atoms with Gasteiger partial charge in [-0.05, 0) is 70.2 Å². The summed E-state index contributed by atoms with van der Waals surface area (Å²) in [5.74, 6) is 0.685. The van der Waals surface area contributed by atoms with Crippen LogP contribution in [0, 0.1) is 5.92 Å². The van der Waals surface area contributed by atoms with Crippen LogP contribution >= 0.6 is 0 Å². The van der Waals surface area contributed by atoms with Crippen molar-refractivity contribution in [2.24, 2.45) is 5.92 Å². The number of amides is 2. The lowest BCUT2D eigenvalue weighted by atomic mass is 9.96. The molecule has 9 nitrogen and oxygen atoms in total. The van der Waals surface area contributed by atoms with Crippen LogP contribution in [0.3, 0.4) is 0 Å². The average Bonchev–Trinajstić information content (AvgIpc) is 3.07. The fraction of sp³-hybridized carbons (Fsp3) is 0.583. The van der Waals surface area contributed by atoms with E-state index in [0.717, 1.165) is 114 Å². The van der Waals surface area contributed by atoms with E-state index in [1.807, 2.05) is 73.5 Å². The van der Waals surface area contributed by atoms with E-state index in [-0.39, 0.29) is 23.7 Å². The van der Waals surface area contributed by atoms with Gasteiger partial charge in [0.25, 0.3) is 0 Å². The standard InChI is InChI=1S/C36H53N5O4/c1-3-39(2)35(43)30-15-12-23-41(28-30)22-11-5-8-16-31(42)27-37-21-26-40-24-19-32(20-25-40)45-36(44)38-34-18-10-9-17-33(34)29-13-6-4-7-14-29/h4,6-7,9-10,13-14,17-18,30,32,37H,3,5,8,11-12,15-16,19-28H2,1-2H3,(H,38,44)/t30-/m1/s1. The summed E-state index contributed by atoms with van der Waals surface area (Å²) in [5, 5.41) is 6.25. The number of anilines is 1. The zero-order chi connectivity index (χ0) is 31.9. The zero-order valence-corrected chi connectivity index (χ0v) is 27.3. The van der Waals surface area contributed by atoms with E-state index in [4.69, 9.17) is 4.74 Å². The first-order valence-electron chi connectivity index (χ1n) is 17.0. The number of carbonyl (C=O) groups is 3. The third kappa shape index (κ3) is 11.6. The normalized spacial score (nSPS) is 18.0. The number of rotatable bonds is 16. The van der Waals surface area contributed by atoms with E-state index in [1.54, 1.807) is 0 Å². The van der Waals surface area contributed by atoms with Crippen molar-refractivity contribution >= 4 is 23.5 Å². The summed E-state index contributed by atoms with van der Waals surface area (Å²) in [6.07, 6.45) is 6.85. The van der Waals surface area contributed by atoms with Crippen LogP contribution in [0.4, 0.5) is 10.5 Å². The molecule has 0 spiro atoms. The highest BCUT2D eigenvalue weighted by Gasteiger charge is 2.27. The summed E-state index contributed by atoms with van der Waals surface area (Å²) in [5.41, 5.74) is 2.75. The quantitative estimate of drug-likeness (QED) is 0.247. The number of ether oxygens (including phenoxy) is 1. The van der Waals surface area contributed by atoms with Crippen LogP contribution in [0.1, 0.15) is 58.3 Å². The van der Waals surface area contributed by atoms with Crippen LogP contribution in [0.5, 0.6) is 0 Å². The summed E-state index contributed by atoms with van der Waals surface area (Å²) < 4.78 is 5.75. The Labute approximate surface area is 269 Å². The number of para-hydroxylation sites is 1. The molecule has 246 valence electrons. The van der Waals surface area contributed by atoms with E-state index in [1.165, 1.54) is 0 Å². The molecular weight excluding hydrogens is 566 g/mol. The van der Waals surface area contributed by atoms with Gasteiger partial charge in [-0.3, -0.25) is 14.9 Å². The minimum absolute atomic E-state index is 0.0960. The predicted molar refractivity (Wildman–Crippen MR) is 180 cm³/mol. The number of hydrogen-bond acceptors (Lipinski definition) is 7. The Morgan fingerprint density at radius 3 is 2.42 bits per heavy atom. The number of hydrogen-bond donors (Lipinski definition) is 2. The fourth-order valence-corrected chi connectivity index (χ4v) is 6.32. The van der Waals surface area contributed by atoms with Crippen molar-refractivity contribution in [1.29, 1.82) is 0 Å². The van der Waals surface area contributed by atoms with E-state index >= 15 is 0 Å². The van der Waals surface area contributed by atoms with Gasteiger partial charge in [-0.15, -0.1) is 0 Å². The molecule has 0 saturated carbocycles. The smallest absolute Gasteiger partial charge is 0.411 e. The fourth-order valence-electron chi connectivity index (χ4n) is 6.32. The molecule has 2 amide bonds. The number of nitrogens with one attached hydrogen (secondary N) is 2. The van der Waals surface area contributed by atoms with Crippen molar-refractivity contribution in [2.75, 3.05) is 71.3 Å². The van der Waals surface area contributed by atoms with Gasteiger partial charge in [0.2, 0.25) is 5.91 Å². The molecule has 2 saturated heterocycles. The molecule has 2 aliphatic rings. The number of carbonyl (C=O) groups excluding carboxylic acids is 3. The second-order valence-electron chi connectivity index (χ2n) is 12.5. The maximum Gasteiger partial charge on any atom is 0.411 e. The Morgan fingerprint density at radius 1 is 0.889 bits per heavy atom. The molecule has 9 heteroatoms. The first-order valence-corrected chi connectivity index (χ1v) is 17.0. The summed E-state index contributed by atoms with van der Waals surface area (Å²) in [4.78, 5) is 44.2. The van der Waals surface area contributed by atoms with Crippen molar-refractivity contribution in [3.63, 3.8) is 0 Å². The molecule has 1 atom stereocenters. The highest BCUT2D eigenvalue weighted by molar-refractivity contribution is 5.91. The number of unbranched alkanes of at least 4 members (excludes halogenated alkanes) is 2. The molecule has 2 N–H and O–H groups in total. The van der Waals surface area contributed by atoms with Crippen LogP contribution in [0.2, 0.25) is 0 Å². The molecule has 0 aromatic heterocycles. The Hall–Kier alpha value is -3.27. The van der Waals surface area contributed by atoms with Gasteiger partial charge in [0.15, 0.2) is 0 Å². The largest absolute Gasteiger partial charge is 0.446 e. The Kier molecular flexibility index (Phi) is 14.3. The highest BCUT2D eigenvalue weighted by Crippen LogP contribution is 2.28. The SMILES string of the molecule is CCN(C)C(=O)[C@@H]1CCCN(CCCCCC(=O)CNCCN2CCC(OC(=O)Nc3ccccc3-c3ccccc3)CC2)C1. The summed E-state index contributed by atoms with van der Waals surface area (Å²) >= 11 is 0. The average molecular weight is 620 g/mol. The van der Waals surface area contributed by atoms with Gasteiger partial charge in [0.1, 0.15) is 11.9 Å². The van der Waals surface area contributed by atoms with E-state index in [2.05, 4.69) is 20.4 Å². The van der Waals surface area contributed by atoms with Gasteiger partial charge in [-0.25, -0.2) is 4.79 Å². The first kappa shape index (κ1) is 34.6. The predicted octanol–water partition coefficient (Wildman–Crippen LogP) is 5.28. The Balaban J connectivity index is 1.01. The molecule has 2 aromatic carbocycles. The lowest BCUT2D eigenvalue weighted by Gasteiger charge is -2.33. The maximum absolute atomic E-state index is 12.7. The van der Waals surface area contributed by atoms with E-state index in [9.17, 15) is 14.4 Å². The van der Waals surface area contributed by atoms with Gasteiger partial charge >= 0.3 is 6.09 Å². The summed E-state index contributed by atoms with van der Waals surface area (Å²) in [7, 11) is 1.89. The molecule has 0 radical (unpaired) electrons. The Bertz CT molecular complexity index is 1200. The van der Waals surface area contributed by atoms with E-state index in [0.29, 0.717) is 13.0 Å². The van der Waals surface area contributed by atoms with Crippen LogP contribution in [-0.2, 0) is 14.3 Å².